The van der Waals surface area contributed by atoms with Gasteiger partial charge in [-0.15, -0.1) is 0 Å². The van der Waals surface area contributed by atoms with Crippen molar-refractivity contribution >= 4 is 0 Å². The molecule has 0 aliphatic carbocycles. The first-order valence-corrected chi connectivity index (χ1v) is 5.66. The highest BCUT2D eigenvalue weighted by Gasteiger charge is 2.13. The number of benzene rings is 1. The van der Waals surface area contributed by atoms with Gasteiger partial charge in [0.25, 0.3) is 0 Å². The molecule has 5 heteroatoms. The molecule has 17 heavy (non-hydrogen) atoms. The van der Waals surface area contributed by atoms with Gasteiger partial charge in [0.15, 0.2) is 11.6 Å². The summed E-state index contributed by atoms with van der Waals surface area (Å²) in [6.45, 7) is 2.70. The average Bonchev–Trinajstić information content (AvgIpc) is 2.33. The van der Waals surface area contributed by atoms with Crippen LogP contribution in [0.1, 0.15) is 6.42 Å². The van der Waals surface area contributed by atoms with E-state index in [1.165, 1.54) is 12.1 Å². The molecular weight excluding hydrogens is 228 g/mol. The summed E-state index contributed by atoms with van der Waals surface area (Å²) in [5, 5.41) is 3.20. The van der Waals surface area contributed by atoms with Crippen LogP contribution in [0.4, 0.5) is 8.78 Å². The summed E-state index contributed by atoms with van der Waals surface area (Å²) in [4.78, 5) is 0. The van der Waals surface area contributed by atoms with E-state index in [1.807, 2.05) is 0 Å². The largest absolute Gasteiger partial charge is 0.490 e. The predicted octanol–water partition coefficient (Wildman–Crippen LogP) is 1.72. The van der Waals surface area contributed by atoms with Gasteiger partial charge in [-0.2, -0.15) is 0 Å². The lowest BCUT2D eigenvalue weighted by Gasteiger charge is -2.23. The number of morpholine rings is 1. The van der Waals surface area contributed by atoms with E-state index in [0.717, 1.165) is 19.2 Å². The summed E-state index contributed by atoms with van der Waals surface area (Å²) in [7, 11) is 0. The molecule has 0 bridgehead atoms. The number of nitrogens with one attached hydrogen (secondary N) is 1. The SMILES string of the molecule is Fc1ccc(OCCC2CNCCO2)c(F)c1. The molecule has 0 radical (unpaired) electrons. The monoisotopic (exact) mass is 243 g/mol. The first-order valence-electron chi connectivity index (χ1n) is 5.66. The molecule has 2 rings (SSSR count). The van der Waals surface area contributed by atoms with Gasteiger partial charge < -0.3 is 14.8 Å². The summed E-state index contributed by atoms with van der Waals surface area (Å²) in [5.41, 5.74) is 0. The van der Waals surface area contributed by atoms with Crippen LogP contribution in [0, 0.1) is 11.6 Å². The number of ether oxygens (including phenoxy) is 2. The molecular formula is C12H15F2NO2. The molecule has 1 aromatic carbocycles. The lowest BCUT2D eigenvalue weighted by atomic mass is 10.2. The molecule has 3 nitrogen and oxygen atoms in total. The molecule has 0 spiro atoms. The second kappa shape index (κ2) is 5.93. The summed E-state index contributed by atoms with van der Waals surface area (Å²) >= 11 is 0. The number of halogens is 2. The van der Waals surface area contributed by atoms with E-state index in [9.17, 15) is 8.78 Å². The van der Waals surface area contributed by atoms with Crippen LogP contribution in [0.25, 0.3) is 0 Å². The van der Waals surface area contributed by atoms with Gasteiger partial charge in [-0.3, -0.25) is 0 Å². The van der Waals surface area contributed by atoms with Crippen molar-refractivity contribution in [1.82, 2.24) is 5.32 Å². The van der Waals surface area contributed by atoms with Gasteiger partial charge in [-0.05, 0) is 12.1 Å². The Labute approximate surface area is 98.7 Å². The van der Waals surface area contributed by atoms with Crippen LogP contribution >= 0.6 is 0 Å². The zero-order valence-corrected chi connectivity index (χ0v) is 9.42. The highest BCUT2D eigenvalue weighted by molar-refractivity contribution is 5.24. The fourth-order valence-corrected chi connectivity index (χ4v) is 1.70. The Kier molecular flexibility index (Phi) is 4.28. The molecule has 0 saturated carbocycles. The molecule has 1 aliphatic rings. The number of hydrogen-bond donors (Lipinski definition) is 1. The van der Waals surface area contributed by atoms with Gasteiger partial charge in [-0.1, -0.05) is 0 Å². The lowest BCUT2D eigenvalue weighted by Crippen LogP contribution is -2.39. The van der Waals surface area contributed by atoms with Gasteiger partial charge in [0, 0.05) is 25.6 Å². The summed E-state index contributed by atoms with van der Waals surface area (Å²) < 4.78 is 36.6. The van der Waals surface area contributed by atoms with E-state index < -0.39 is 11.6 Å². The van der Waals surface area contributed by atoms with Crippen molar-refractivity contribution in [2.24, 2.45) is 0 Å². The third kappa shape index (κ3) is 3.64. The van der Waals surface area contributed by atoms with E-state index in [-0.39, 0.29) is 11.9 Å². The van der Waals surface area contributed by atoms with Crippen molar-refractivity contribution < 1.29 is 18.3 Å². The molecule has 0 amide bonds. The first-order chi connectivity index (χ1) is 8.25. The molecule has 1 aromatic rings. The Balaban J connectivity index is 1.77. The Bertz CT molecular complexity index is 368. The van der Waals surface area contributed by atoms with E-state index in [1.54, 1.807) is 0 Å². The molecule has 94 valence electrons. The van der Waals surface area contributed by atoms with E-state index in [2.05, 4.69) is 5.32 Å². The van der Waals surface area contributed by atoms with E-state index in [4.69, 9.17) is 9.47 Å². The summed E-state index contributed by atoms with van der Waals surface area (Å²) in [6, 6.07) is 3.29. The maximum Gasteiger partial charge on any atom is 0.167 e. The van der Waals surface area contributed by atoms with Crippen molar-refractivity contribution in [2.75, 3.05) is 26.3 Å². The minimum atomic E-state index is -0.673. The van der Waals surface area contributed by atoms with E-state index >= 15 is 0 Å². The fourth-order valence-electron chi connectivity index (χ4n) is 1.70. The quantitative estimate of drug-likeness (QED) is 0.873. The topological polar surface area (TPSA) is 30.5 Å². The molecule has 1 aliphatic heterocycles. The molecule has 1 fully saturated rings. The van der Waals surface area contributed by atoms with Gasteiger partial charge in [0.1, 0.15) is 5.82 Å². The van der Waals surface area contributed by atoms with Crippen molar-refractivity contribution in [2.45, 2.75) is 12.5 Å². The van der Waals surface area contributed by atoms with Crippen LogP contribution in [-0.2, 0) is 4.74 Å². The Morgan fingerprint density at radius 1 is 1.41 bits per heavy atom. The maximum absolute atomic E-state index is 13.2. The predicted molar refractivity (Wildman–Crippen MR) is 59.1 cm³/mol. The standard InChI is InChI=1S/C12H15F2NO2/c13-9-1-2-12(11(14)7-9)17-5-3-10-8-15-4-6-16-10/h1-2,7,10,15H,3-6,8H2. The average molecular weight is 243 g/mol. The van der Waals surface area contributed by atoms with Crippen molar-refractivity contribution in [3.05, 3.63) is 29.8 Å². The van der Waals surface area contributed by atoms with Gasteiger partial charge in [0.05, 0.1) is 19.3 Å². The highest BCUT2D eigenvalue weighted by atomic mass is 19.1. The Morgan fingerprint density at radius 3 is 3.00 bits per heavy atom. The molecule has 1 atom stereocenters. The van der Waals surface area contributed by atoms with Crippen molar-refractivity contribution in [3.8, 4) is 5.75 Å². The fraction of sp³-hybridized carbons (Fsp3) is 0.500. The van der Waals surface area contributed by atoms with Gasteiger partial charge >= 0.3 is 0 Å². The van der Waals surface area contributed by atoms with Crippen LogP contribution < -0.4 is 10.1 Å². The van der Waals surface area contributed by atoms with Crippen molar-refractivity contribution in [3.63, 3.8) is 0 Å². The smallest absolute Gasteiger partial charge is 0.167 e. The Morgan fingerprint density at radius 2 is 2.29 bits per heavy atom. The maximum atomic E-state index is 13.2. The third-order valence-electron chi connectivity index (χ3n) is 2.60. The van der Waals surface area contributed by atoms with Crippen LogP contribution in [0.2, 0.25) is 0 Å². The van der Waals surface area contributed by atoms with Gasteiger partial charge in [-0.25, -0.2) is 8.78 Å². The normalized spacial score (nSPS) is 20.2. The summed E-state index contributed by atoms with van der Waals surface area (Å²) in [6.07, 6.45) is 0.788. The second-order valence-corrected chi connectivity index (χ2v) is 3.91. The highest BCUT2D eigenvalue weighted by Crippen LogP contribution is 2.18. The number of rotatable bonds is 4. The minimum absolute atomic E-state index is 0.0789. The zero-order chi connectivity index (χ0) is 12.1. The van der Waals surface area contributed by atoms with Crippen LogP contribution in [-0.4, -0.2) is 32.4 Å². The second-order valence-electron chi connectivity index (χ2n) is 3.91. The third-order valence-corrected chi connectivity index (χ3v) is 2.60. The van der Waals surface area contributed by atoms with E-state index in [0.29, 0.717) is 19.6 Å². The molecule has 0 aromatic heterocycles. The van der Waals surface area contributed by atoms with Crippen molar-refractivity contribution in [1.29, 1.82) is 0 Å². The number of hydrogen-bond acceptors (Lipinski definition) is 3. The van der Waals surface area contributed by atoms with Crippen LogP contribution in [0.15, 0.2) is 18.2 Å². The summed E-state index contributed by atoms with van der Waals surface area (Å²) in [5.74, 6) is -1.20. The van der Waals surface area contributed by atoms with Crippen LogP contribution in [0.5, 0.6) is 5.75 Å². The van der Waals surface area contributed by atoms with Crippen LogP contribution in [0.3, 0.4) is 0 Å². The molecule has 1 unspecified atom stereocenters. The minimum Gasteiger partial charge on any atom is -0.490 e. The van der Waals surface area contributed by atoms with Gasteiger partial charge in [0.2, 0.25) is 0 Å². The molecule has 1 saturated heterocycles. The molecule has 1 N–H and O–H groups in total. The Hall–Kier alpha value is -1.20. The first kappa shape index (κ1) is 12.3. The molecule has 1 heterocycles. The zero-order valence-electron chi connectivity index (χ0n) is 9.42. The lowest BCUT2D eigenvalue weighted by molar-refractivity contribution is 0.0156.